The van der Waals surface area contributed by atoms with Gasteiger partial charge in [-0.25, -0.2) is 4.79 Å². The van der Waals surface area contributed by atoms with Crippen LogP contribution in [-0.2, 0) is 4.79 Å². The zero-order valence-corrected chi connectivity index (χ0v) is 23.3. The second-order valence-corrected chi connectivity index (χ2v) is 9.88. The lowest BCUT2D eigenvalue weighted by Gasteiger charge is -2.14. The highest BCUT2D eigenvalue weighted by atomic mass is 32.2. The molecular formula is C32H27NO7S. The number of imide groups is 1. The Labute approximate surface area is 241 Å². The zero-order chi connectivity index (χ0) is 28.8. The van der Waals surface area contributed by atoms with Crippen LogP contribution >= 0.6 is 11.8 Å². The number of para-hydroxylation sites is 2. The fraction of sp³-hybridized carbons (Fsp3) is 0.156. The summed E-state index contributed by atoms with van der Waals surface area (Å²) in [5, 5.41) is 1.34. The minimum atomic E-state index is -0.507. The maximum absolute atomic E-state index is 13.1. The Morgan fingerprint density at radius 3 is 2.41 bits per heavy atom. The molecule has 0 spiro atoms. The van der Waals surface area contributed by atoms with E-state index in [0.717, 1.165) is 27.4 Å². The number of ether oxygens (including phenoxy) is 4. The molecule has 2 amide bonds. The van der Waals surface area contributed by atoms with Gasteiger partial charge >= 0.3 is 5.97 Å². The maximum atomic E-state index is 13.1. The summed E-state index contributed by atoms with van der Waals surface area (Å²) in [6.45, 7) is 2.37. The number of esters is 1. The van der Waals surface area contributed by atoms with Crippen LogP contribution in [0.2, 0.25) is 0 Å². The molecule has 1 aliphatic rings. The van der Waals surface area contributed by atoms with Gasteiger partial charge in [-0.1, -0.05) is 54.6 Å². The molecule has 1 fully saturated rings. The average Bonchev–Trinajstić information content (AvgIpc) is 3.25. The fourth-order valence-electron chi connectivity index (χ4n) is 4.35. The fourth-order valence-corrected chi connectivity index (χ4v) is 5.22. The third-order valence-corrected chi connectivity index (χ3v) is 7.20. The van der Waals surface area contributed by atoms with E-state index < -0.39 is 11.9 Å². The Morgan fingerprint density at radius 1 is 0.854 bits per heavy atom. The number of rotatable bonds is 10. The Kier molecular flexibility index (Phi) is 8.55. The number of hydrogen-bond acceptors (Lipinski definition) is 8. The van der Waals surface area contributed by atoms with E-state index in [9.17, 15) is 14.4 Å². The molecule has 0 unspecified atom stereocenters. The number of amides is 2. The Bertz CT molecular complexity index is 1640. The van der Waals surface area contributed by atoms with Crippen molar-refractivity contribution in [3.63, 3.8) is 0 Å². The van der Waals surface area contributed by atoms with E-state index in [1.807, 2.05) is 55.5 Å². The number of benzene rings is 4. The predicted molar refractivity (Wildman–Crippen MR) is 158 cm³/mol. The van der Waals surface area contributed by atoms with Gasteiger partial charge in [-0.3, -0.25) is 14.5 Å². The molecule has 1 aliphatic heterocycles. The van der Waals surface area contributed by atoms with Crippen molar-refractivity contribution >= 4 is 45.7 Å². The van der Waals surface area contributed by atoms with Gasteiger partial charge in [-0.15, -0.1) is 0 Å². The van der Waals surface area contributed by atoms with Crippen molar-refractivity contribution in [2.75, 3.05) is 26.9 Å². The van der Waals surface area contributed by atoms with Crippen LogP contribution in [0.1, 0.15) is 22.8 Å². The van der Waals surface area contributed by atoms with Crippen LogP contribution in [0.5, 0.6) is 23.0 Å². The summed E-state index contributed by atoms with van der Waals surface area (Å²) in [6, 6.07) is 25.2. The lowest BCUT2D eigenvalue weighted by Crippen LogP contribution is -2.32. The van der Waals surface area contributed by atoms with E-state index in [0.29, 0.717) is 35.0 Å². The van der Waals surface area contributed by atoms with E-state index in [1.54, 1.807) is 49.6 Å². The number of methoxy groups -OCH3 is 1. The molecule has 4 aromatic rings. The summed E-state index contributed by atoms with van der Waals surface area (Å²) in [5.74, 6) is 0.780. The van der Waals surface area contributed by atoms with Crippen molar-refractivity contribution < 1.29 is 33.3 Å². The van der Waals surface area contributed by atoms with Crippen molar-refractivity contribution in [2.45, 2.75) is 6.92 Å². The summed E-state index contributed by atoms with van der Waals surface area (Å²) in [6.07, 6.45) is 1.62. The minimum absolute atomic E-state index is 0.0906. The van der Waals surface area contributed by atoms with Gasteiger partial charge in [-0.2, -0.15) is 0 Å². The van der Waals surface area contributed by atoms with Gasteiger partial charge in [0, 0.05) is 0 Å². The van der Waals surface area contributed by atoms with E-state index >= 15 is 0 Å². The van der Waals surface area contributed by atoms with E-state index in [-0.39, 0.29) is 29.0 Å². The molecule has 8 nitrogen and oxygen atoms in total. The van der Waals surface area contributed by atoms with Gasteiger partial charge in [0.25, 0.3) is 11.1 Å². The summed E-state index contributed by atoms with van der Waals surface area (Å²) in [4.78, 5) is 40.1. The van der Waals surface area contributed by atoms with Crippen molar-refractivity contribution in [3.8, 4) is 23.0 Å². The zero-order valence-electron chi connectivity index (χ0n) is 22.5. The number of fused-ring (bicyclic) bond motifs is 1. The smallest absolute Gasteiger partial charge is 0.344 e. The van der Waals surface area contributed by atoms with Gasteiger partial charge in [0.15, 0.2) is 23.0 Å². The highest BCUT2D eigenvalue weighted by Gasteiger charge is 2.35. The molecule has 208 valence electrons. The molecule has 0 radical (unpaired) electrons. The van der Waals surface area contributed by atoms with Crippen molar-refractivity contribution in [1.29, 1.82) is 0 Å². The lowest BCUT2D eigenvalue weighted by atomic mass is 10.0. The monoisotopic (exact) mass is 569 g/mol. The Hall–Kier alpha value is -4.76. The molecule has 41 heavy (non-hydrogen) atoms. The first-order valence-electron chi connectivity index (χ1n) is 13.0. The first kappa shape index (κ1) is 27.8. The van der Waals surface area contributed by atoms with Crippen LogP contribution in [-0.4, -0.2) is 48.9 Å². The topological polar surface area (TPSA) is 91.4 Å². The van der Waals surface area contributed by atoms with Gasteiger partial charge < -0.3 is 18.9 Å². The molecule has 9 heteroatoms. The van der Waals surface area contributed by atoms with E-state index in [4.69, 9.17) is 18.9 Å². The molecule has 0 atom stereocenters. The van der Waals surface area contributed by atoms with Crippen LogP contribution in [0.3, 0.4) is 0 Å². The molecule has 0 N–H and O–H groups in total. The second-order valence-electron chi connectivity index (χ2n) is 8.89. The van der Waals surface area contributed by atoms with Gasteiger partial charge in [0.2, 0.25) is 0 Å². The Balaban J connectivity index is 1.29. The van der Waals surface area contributed by atoms with Gasteiger partial charge in [0.05, 0.1) is 30.7 Å². The summed E-state index contributed by atoms with van der Waals surface area (Å²) < 4.78 is 22.5. The SMILES string of the molecule is CCOc1cc(/C=C2\SC(=O)N(CCOc3ccccc3OC)C2=O)ccc1OC(=O)c1cccc2ccccc12. The van der Waals surface area contributed by atoms with Crippen LogP contribution in [0, 0.1) is 0 Å². The highest BCUT2D eigenvalue weighted by Crippen LogP contribution is 2.35. The second kappa shape index (κ2) is 12.6. The van der Waals surface area contributed by atoms with Crippen molar-refractivity contribution in [1.82, 2.24) is 4.90 Å². The molecule has 0 aromatic heterocycles. The van der Waals surface area contributed by atoms with Crippen LogP contribution in [0.4, 0.5) is 4.79 Å². The maximum Gasteiger partial charge on any atom is 0.344 e. The summed E-state index contributed by atoms with van der Waals surface area (Å²) in [5.41, 5.74) is 1.06. The van der Waals surface area contributed by atoms with Crippen molar-refractivity contribution in [3.05, 3.63) is 101 Å². The lowest BCUT2D eigenvalue weighted by molar-refractivity contribution is -0.123. The molecule has 0 aliphatic carbocycles. The summed E-state index contributed by atoms with van der Waals surface area (Å²) >= 11 is 0.855. The number of hydrogen-bond donors (Lipinski definition) is 0. The summed E-state index contributed by atoms with van der Waals surface area (Å²) in [7, 11) is 1.54. The van der Waals surface area contributed by atoms with E-state index in [2.05, 4.69) is 0 Å². The quantitative estimate of drug-likeness (QED) is 0.120. The van der Waals surface area contributed by atoms with Gasteiger partial charge in [-0.05, 0) is 71.4 Å². The number of carbonyl (C=O) groups excluding carboxylic acids is 3. The average molecular weight is 570 g/mol. The molecule has 1 heterocycles. The molecule has 1 saturated heterocycles. The molecule has 0 saturated carbocycles. The normalized spacial score (nSPS) is 14.0. The Morgan fingerprint density at radius 2 is 1.61 bits per heavy atom. The molecular weight excluding hydrogens is 542 g/mol. The van der Waals surface area contributed by atoms with Crippen LogP contribution in [0.15, 0.2) is 89.8 Å². The standard InChI is InChI=1S/C32H27NO7S/c1-3-38-28-19-21(15-16-27(28)40-31(35)24-12-8-10-22-9-4-5-11-23(22)24)20-29-30(34)33(32(36)41-29)17-18-39-26-14-7-6-13-25(26)37-2/h4-16,19-20H,3,17-18H2,1-2H3/b29-20-. The number of thioether (sulfide) groups is 1. The molecule has 5 rings (SSSR count). The van der Waals surface area contributed by atoms with Crippen LogP contribution < -0.4 is 18.9 Å². The van der Waals surface area contributed by atoms with Crippen LogP contribution in [0.25, 0.3) is 16.8 Å². The third-order valence-electron chi connectivity index (χ3n) is 6.29. The highest BCUT2D eigenvalue weighted by molar-refractivity contribution is 8.18. The van der Waals surface area contributed by atoms with Gasteiger partial charge in [0.1, 0.15) is 6.61 Å². The van der Waals surface area contributed by atoms with Crippen molar-refractivity contribution in [2.24, 2.45) is 0 Å². The number of nitrogens with zero attached hydrogens (tertiary/aromatic N) is 1. The molecule has 0 bridgehead atoms. The molecule has 4 aromatic carbocycles. The first-order valence-corrected chi connectivity index (χ1v) is 13.8. The largest absolute Gasteiger partial charge is 0.493 e. The number of carbonyl (C=O) groups is 3. The third kappa shape index (κ3) is 6.20. The minimum Gasteiger partial charge on any atom is -0.493 e. The first-order chi connectivity index (χ1) is 20.0. The van der Waals surface area contributed by atoms with E-state index in [1.165, 1.54) is 0 Å². The predicted octanol–water partition coefficient (Wildman–Crippen LogP) is 6.58.